The Morgan fingerprint density at radius 3 is 2.43 bits per heavy atom. The molecule has 0 spiro atoms. The lowest BCUT2D eigenvalue weighted by Crippen LogP contribution is -2.70. The van der Waals surface area contributed by atoms with Gasteiger partial charge in [0.05, 0.1) is 34.5 Å². The predicted molar refractivity (Wildman–Crippen MR) is 167 cm³/mol. The summed E-state index contributed by atoms with van der Waals surface area (Å²) < 4.78 is 40.7. The number of benzene rings is 1. The second-order valence-electron chi connectivity index (χ2n) is 13.7. The number of nitrogens with one attached hydrogen (secondary N) is 1. The van der Waals surface area contributed by atoms with E-state index in [0.717, 1.165) is 30.0 Å². The number of hydrogen-bond acceptors (Lipinski definition) is 8. The van der Waals surface area contributed by atoms with Crippen LogP contribution in [0.25, 0.3) is 0 Å². The quantitative estimate of drug-likeness (QED) is 0.342. The fourth-order valence-electron chi connectivity index (χ4n) is 7.56. The molecule has 1 aromatic carbocycles. The van der Waals surface area contributed by atoms with Crippen molar-refractivity contribution < 1.29 is 27.3 Å². The van der Waals surface area contributed by atoms with Crippen molar-refractivity contribution in [3.63, 3.8) is 0 Å². The third-order valence-electron chi connectivity index (χ3n) is 10.6. The van der Waals surface area contributed by atoms with Crippen LogP contribution in [-0.2, 0) is 30.5 Å². The lowest BCUT2D eigenvalue weighted by Gasteiger charge is -2.67. The topological polar surface area (TPSA) is 154 Å². The first-order valence-electron chi connectivity index (χ1n) is 15.3. The van der Waals surface area contributed by atoms with Crippen LogP contribution in [0.15, 0.2) is 42.7 Å². The maximum atomic E-state index is 14.1. The Balaban J connectivity index is 1.45. The minimum atomic E-state index is -3.90. The van der Waals surface area contributed by atoms with E-state index >= 15 is 0 Å². The third kappa shape index (κ3) is 5.79. The summed E-state index contributed by atoms with van der Waals surface area (Å²) in [5, 5.41) is 3.07. The molecule has 6 rings (SSSR count). The maximum Gasteiger partial charge on any atom is 0.481 e. The molecule has 1 aromatic heterocycles. The van der Waals surface area contributed by atoms with Crippen LogP contribution in [0, 0.1) is 17.3 Å². The van der Waals surface area contributed by atoms with Gasteiger partial charge >= 0.3 is 7.12 Å². The number of amides is 2. The minimum absolute atomic E-state index is 0.0885. The van der Waals surface area contributed by atoms with Crippen molar-refractivity contribution in [2.24, 2.45) is 23.0 Å². The Kier molecular flexibility index (Phi) is 8.73. The van der Waals surface area contributed by atoms with Crippen LogP contribution >= 0.6 is 0 Å². The average molecular weight is 626 g/mol. The van der Waals surface area contributed by atoms with Gasteiger partial charge in [0.1, 0.15) is 5.69 Å². The molecule has 4 aliphatic rings. The van der Waals surface area contributed by atoms with Crippen molar-refractivity contribution >= 4 is 29.0 Å². The van der Waals surface area contributed by atoms with Crippen molar-refractivity contribution in [2.75, 3.05) is 19.8 Å². The van der Waals surface area contributed by atoms with Crippen LogP contribution in [0.5, 0.6) is 0 Å². The molecule has 0 radical (unpaired) electrons. The van der Waals surface area contributed by atoms with E-state index in [4.69, 9.17) is 15.0 Å². The Hall–Kier alpha value is -2.87. The zero-order valence-electron chi connectivity index (χ0n) is 26.4. The Bertz CT molecular complexity index is 1510. The molecule has 4 fully saturated rings. The average Bonchev–Trinajstić information content (AvgIpc) is 3.26. The van der Waals surface area contributed by atoms with Crippen LogP contribution in [-0.4, -0.2) is 78.6 Å². The van der Waals surface area contributed by atoms with Gasteiger partial charge in [-0.3, -0.25) is 14.6 Å². The predicted octanol–water partition coefficient (Wildman–Crippen LogP) is 2.72. The zero-order chi connectivity index (χ0) is 32.1. The molecule has 2 aromatic rings. The number of sulfonamides is 1. The Morgan fingerprint density at radius 1 is 1.11 bits per heavy atom. The lowest BCUT2D eigenvalue weighted by molar-refractivity contribution is -0.235. The lowest BCUT2D eigenvalue weighted by atomic mass is 9.41. The summed E-state index contributed by atoms with van der Waals surface area (Å²) >= 11 is 0. The highest BCUT2D eigenvalue weighted by Gasteiger charge is 2.73. The van der Waals surface area contributed by atoms with E-state index in [1.807, 2.05) is 18.2 Å². The summed E-state index contributed by atoms with van der Waals surface area (Å²) in [6, 6.07) is 10.1. The summed E-state index contributed by atoms with van der Waals surface area (Å²) in [5.41, 5.74) is 5.45. The molecule has 6 atom stereocenters. The standard InChI is InChI=1S/C31H44BN5O6S/c1-29(2)21-17-23(29)31(4)30(3,18-21)42-32(43-31)24(14-10-13-20-11-8-7-9-12-20)36-28(39)22(19-44(40,41)37(5)6)25-26(27(33)38)35-16-15-34-25/h7-9,11-12,15-16,21-24H,10,13-14,17-19H2,1-6H3,(H2,33,38)(H,36,39)/t21-,22-,23-,24-,30+,31-/m0/s1. The van der Waals surface area contributed by atoms with Gasteiger partial charge in [0, 0.05) is 26.5 Å². The fraction of sp³-hybridized carbons (Fsp3) is 0.613. The van der Waals surface area contributed by atoms with E-state index < -0.39 is 57.8 Å². The van der Waals surface area contributed by atoms with E-state index in [1.165, 1.54) is 32.1 Å². The van der Waals surface area contributed by atoms with E-state index in [9.17, 15) is 18.0 Å². The van der Waals surface area contributed by atoms with Gasteiger partial charge in [-0.05, 0) is 68.8 Å². The van der Waals surface area contributed by atoms with Gasteiger partial charge < -0.3 is 20.4 Å². The largest absolute Gasteiger partial charge is 0.481 e. The molecule has 2 amide bonds. The molecule has 3 aliphatic carbocycles. The summed E-state index contributed by atoms with van der Waals surface area (Å²) in [7, 11) is -1.87. The highest BCUT2D eigenvalue weighted by Crippen LogP contribution is 2.69. The van der Waals surface area contributed by atoms with E-state index in [0.29, 0.717) is 18.3 Å². The molecule has 1 aliphatic heterocycles. The molecular formula is C31H44BN5O6S. The number of aromatic nitrogens is 2. The molecule has 238 valence electrons. The van der Waals surface area contributed by atoms with Crippen LogP contribution in [0.3, 0.4) is 0 Å². The molecular weight excluding hydrogens is 581 g/mol. The summed E-state index contributed by atoms with van der Waals surface area (Å²) in [6.45, 7) is 8.82. The molecule has 11 nitrogen and oxygen atoms in total. The number of carbonyl (C=O) groups excluding carboxylic acids is 2. The highest BCUT2D eigenvalue weighted by molar-refractivity contribution is 7.89. The van der Waals surface area contributed by atoms with Crippen LogP contribution in [0.1, 0.15) is 81.0 Å². The number of aryl methyl sites for hydroxylation is 1. The van der Waals surface area contributed by atoms with Gasteiger partial charge in [-0.1, -0.05) is 44.2 Å². The molecule has 0 unspecified atom stereocenters. The second-order valence-corrected chi connectivity index (χ2v) is 15.9. The van der Waals surface area contributed by atoms with Crippen LogP contribution < -0.4 is 11.1 Å². The summed E-state index contributed by atoms with van der Waals surface area (Å²) in [5.74, 6) is -3.25. The van der Waals surface area contributed by atoms with Gasteiger partial charge in [0.2, 0.25) is 15.9 Å². The second kappa shape index (κ2) is 11.8. The van der Waals surface area contributed by atoms with E-state index in [-0.39, 0.29) is 16.8 Å². The molecule has 3 saturated carbocycles. The Morgan fingerprint density at radius 2 is 1.80 bits per heavy atom. The normalized spacial score (nSPS) is 28.6. The van der Waals surface area contributed by atoms with Gasteiger partial charge in [-0.15, -0.1) is 0 Å². The number of primary amides is 1. The fourth-order valence-corrected chi connectivity index (χ4v) is 8.59. The number of rotatable bonds is 12. The van der Waals surface area contributed by atoms with Crippen LogP contribution in [0.2, 0.25) is 0 Å². The third-order valence-corrected chi connectivity index (χ3v) is 12.4. The number of carbonyl (C=O) groups is 2. The van der Waals surface area contributed by atoms with Gasteiger partial charge in [0.15, 0.2) is 0 Å². The van der Waals surface area contributed by atoms with E-state index in [1.54, 1.807) is 0 Å². The van der Waals surface area contributed by atoms with Gasteiger partial charge in [0.25, 0.3) is 5.91 Å². The number of nitrogens with zero attached hydrogens (tertiary/aromatic N) is 3. The monoisotopic (exact) mass is 625 g/mol. The minimum Gasteiger partial charge on any atom is -0.402 e. The van der Waals surface area contributed by atoms with Crippen molar-refractivity contribution in [3.8, 4) is 0 Å². The van der Waals surface area contributed by atoms with Crippen molar-refractivity contribution in [2.45, 2.75) is 82.9 Å². The molecule has 2 heterocycles. The molecule has 13 heteroatoms. The first-order chi connectivity index (χ1) is 20.6. The van der Waals surface area contributed by atoms with Crippen molar-refractivity contribution in [1.29, 1.82) is 0 Å². The molecule has 2 bridgehead atoms. The Labute approximate surface area is 260 Å². The van der Waals surface area contributed by atoms with Crippen molar-refractivity contribution in [1.82, 2.24) is 19.6 Å². The number of hydrogen-bond donors (Lipinski definition) is 2. The maximum absolute atomic E-state index is 14.1. The molecule has 3 N–H and O–H groups in total. The summed E-state index contributed by atoms with van der Waals surface area (Å²) in [4.78, 5) is 34.6. The van der Waals surface area contributed by atoms with Crippen LogP contribution in [0.4, 0.5) is 0 Å². The van der Waals surface area contributed by atoms with E-state index in [2.05, 4.69) is 55.1 Å². The first-order valence-corrected chi connectivity index (χ1v) is 16.9. The summed E-state index contributed by atoms with van der Waals surface area (Å²) in [6.07, 6.45) is 6.55. The highest BCUT2D eigenvalue weighted by atomic mass is 32.2. The van der Waals surface area contributed by atoms with Gasteiger partial charge in [-0.25, -0.2) is 17.7 Å². The smallest absolute Gasteiger partial charge is 0.402 e. The SMILES string of the molecule is CN(C)S(=O)(=O)C[C@H](C(=O)N[C@@H](CCCc1ccccc1)B1O[C@]2(C)C[C@@H]3C[C@@H](C3(C)C)[C@]2(C)O1)c1nccnc1C(N)=O. The molecule has 44 heavy (non-hydrogen) atoms. The molecule has 1 saturated heterocycles. The number of nitrogens with two attached hydrogens (primary N) is 1. The van der Waals surface area contributed by atoms with Gasteiger partial charge in [-0.2, -0.15) is 0 Å². The van der Waals surface area contributed by atoms with Crippen molar-refractivity contribution in [3.05, 3.63) is 59.7 Å². The first kappa shape index (κ1) is 32.5. The zero-order valence-corrected chi connectivity index (χ0v) is 27.3.